The number of hydrogen-bond acceptors (Lipinski definition) is 3. The predicted molar refractivity (Wildman–Crippen MR) is 89.7 cm³/mol. The third kappa shape index (κ3) is 3.04. The molecule has 116 valence electrons. The molecule has 2 amide bonds. The van der Waals surface area contributed by atoms with Crippen LogP contribution in [0, 0.1) is 5.82 Å². The second-order valence-corrected chi connectivity index (χ2v) is 6.27. The van der Waals surface area contributed by atoms with E-state index in [-0.39, 0.29) is 22.3 Å². The summed E-state index contributed by atoms with van der Waals surface area (Å²) in [5.41, 5.74) is 5.76. The lowest BCUT2D eigenvalue weighted by Gasteiger charge is -2.06. The van der Waals surface area contributed by atoms with E-state index >= 15 is 0 Å². The summed E-state index contributed by atoms with van der Waals surface area (Å²) in [7, 11) is 0. The molecule has 0 aliphatic rings. The third-order valence-corrected chi connectivity index (χ3v) is 4.64. The number of anilines is 1. The highest BCUT2D eigenvalue weighted by Crippen LogP contribution is 2.28. The Morgan fingerprint density at radius 3 is 2.61 bits per heavy atom. The molecule has 1 aromatic heterocycles. The number of carbonyl (C=O) groups is 2. The van der Waals surface area contributed by atoms with E-state index in [0.717, 1.165) is 0 Å². The minimum Gasteiger partial charge on any atom is -0.366 e. The minimum absolute atomic E-state index is 0.151. The van der Waals surface area contributed by atoms with Crippen molar-refractivity contribution < 1.29 is 14.0 Å². The van der Waals surface area contributed by atoms with Crippen LogP contribution in [-0.2, 0) is 0 Å². The number of halogens is 2. The maximum absolute atomic E-state index is 13.7. The number of hydrogen-bond donors (Lipinski definition) is 2. The summed E-state index contributed by atoms with van der Waals surface area (Å²) in [4.78, 5) is 23.8. The van der Waals surface area contributed by atoms with Gasteiger partial charge in [-0.1, -0.05) is 17.7 Å². The molecule has 0 aliphatic carbocycles. The second kappa shape index (κ2) is 5.98. The molecule has 7 heteroatoms. The maximum Gasteiger partial charge on any atom is 0.265 e. The number of benzene rings is 2. The third-order valence-electron chi connectivity index (χ3n) is 3.22. The zero-order valence-corrected chi connectivity index (χ0v) is 13.2. The van der Waals surface area contributed by atoms with E-state index in [9.17, 15) is 14.0 Å². The first kappa shape index (κ1) is 15.5. The minimum atomic E-state index is -0.646. The molecule has 3 rings (SSSR count). The molecule has 3 N–H and O–H groups in total. The van der Waals surface area contributed by atoms with Crippen LogP contribution in [0.3, 0.4) is 0 Å². The fourth-order valence-electron chi connectivity index (χ4n) is 2.12. The molecule has 3 aromatic rings. The molecule has 0 saturated carbocycles. The van der Waals surface area contributed by atoms with Crippen molar-refractivity contribution in [2.75, 3.05) is 5.32 Å². The summed E-state index contributed by atoms with van der Waals surface area (Å²) in [6.45, 7) is 0. The number of fused-ring (bicyclic) bond motifs is 1. The molecular formula is C16H10ClFN2O2S. The lowest BCUT2D eigenvalue weighted by Crippen LogP contribution is -2.13. The van der Waals surface area contributed by atoms with Crippen molar-refractivity contribution in [2.24, 2.45) is 5.73 Å². The number of nitrogens with one attached hydrogen (secondary N) is 1. The number of thiophene rings is 1. The van der Waals surface area contributed by atoms with Crippen molar-refractivity contribution in [1.82, 2.24) is 0 Å². The molecule has 0 atom stereocenters. The molecule has 0 saturated heterocycles. The van der Waals surface area contributed by atoms with Gasteiger partial charge in [-0.2, -0.15) is 0 Å². The van der Waals surface area contributed by atoms with Crippen LogP contribution in [0.4, 0.5) is 10.1 Å². The fourth-order valence-corrected chi connectivity index (χ4v) is 3.37. The van der Waals surface area contributed by atoms with Crippen LogP contribution in [0.2, 0.25) is 5.02 Å². The molecule has 0 fully saturated rings. The van der Waals surface area contributed by atoms with E-state index in [1.165, 1.54) is 41.7 Å². The van der Waals surface area contributed by atoms with Gasteiger partial charge in [-0.15, -0.1) is 11.3 Å². The summed E-state index contributed by atoms with van der Waals surface area (Å²) in [5, 5.41) is 3.22. The van der Waals surface area contributed by atoms with Crippen molar-refractivity contribution in [3.05, 3.63) is 63.7 Å². The Balaban J connectivity index is 1.87. The van der Waals surface area contributed by atoms with E-state index in [1.54, 1.807) is 12.1 Å². The molecule has 0 spiro atoms. The van der Waals surface area contributed by atoms with Crippen molar-refractivity contribution in [3.63, 3.8) is 0 Å². The summed E-state index contributed by atoms with van der Waals surface area (Å²) in [6, 6.07) is 10.6. The van der Waals surface area contributed by atoms with Gasteiger partial charge in [0.15, 0.2) is 0 Å². The summed E-state index contributed by atoms with van der Waals surface area (Å²) >= 11 is 7.13. The standard InChI is InChI=1S/C16H10ClFN2O2S/c17-11-6-8(4-5-9(11)15(19)21)20-16(22)14-7-10-12(18)2-1-3-13(10)23-14/h1-7H,(H2,19,21)(H,20,22). The van der Waals surface area contributed by atoms with E-state index in [1.807, 2.05) is 0 Å². The van der Waals surface area contributed by atoms with Gasteiger partial charge in [-0.05, 0) is 36.4 Å². The van der Waals surface area contributed by atoms with E-state index < -0.39 is 5.91 Å². The molecular weight excluding hydrogens is 339 g/mol. The van der Waals surface area contributed by atoms with Crippen molar-refractivity contribution in [2.45, 2.75) is 0 Å². The Morgan fingerprint density at radius 1 is 1.17 bits per heavy atom. The van der Waals surface area contributed by atoms with Gasteiger partial charge >= 0.3 is 0 Å². The van der Waals surface area contributed by atoms with Crippen molar-refractivity contribution in [1.29, 1.82) is 0 Å². The molecule has 0 radical (unpaired) electrons. The monoisotopic (exact) mass is 348 g/mol. The van der Waals surface area contributed by atoms with Gasteiger partial charge in [0.2, 0.25) is 5.91 Å². The molecule has 0 aliphatic heterocycles. The van der Waals surface area contributed by atoms with Gasteiger partial charge in [0.1, 0.15) is 5.82 Å². The van der Waals surface area contributed by atoms with Crippen LogP contribution in [0.1, 0.15) is 20.0 Å². The average Bonchev–Trinajstić information content (AvgIpc) is 2.92. The highest BCUT2D eigenvalue weighted by atomic mass is 35.5. The zero-order chi connectivity index (χ0) is 16.6. The SMILES string of the molecule is NC(=O)c1ccc(NC(=O)c2cc3c(F)cccc3s2)cc1Cl. The average molecular weight is 349 g/mol. The first-order valence-electron chi connectivity index (χ1n) is 6.54. The zero-order valence-electron chi connectivity index (χ0n) is 11.6. The summed E-state index contributed by atoms with van der Waals surface area (Å²) in [6.07, 6.45) is 0. The molecule has 2 aromatic carbocycles. The van der Waals surface area contributed by atoms with E-state index in [0.29, 0.717) is 20.7 Å². The van der Waals surface area contributed by atoms with Gasteiger partial charge in [-0.3, -0.25) is 9.59 Å². The number of carbonyl (C=O) groups excluding carboxylic acids is 2. The molecule has 0 bridgehead atoms. The van der Waals surface area contributed by atoms with Crippen molar-refractivity contribution in [3.8, 4) is 0 Å². The van der Waals surface area contributed by atoms with E-state index in [2.05, 4.69) is 5.32 Å². The largest absolute Gasteiger partial charge is 0.366 e. The highest BCUT2D eigenvalue weighted by molar-refractivity contribution is 7.20. The Bertz CT molecular complexity index is 939. The van der Waals surface area contributed by atoms with Gasteiger partial charge < -0.3 is 11.1 Å². The first-order chi connectivity index (χ1) is 11.0. The Labute approximate surface area is 139 Å². The topological polar surface area (TPSA) is 72.2 Å². The van der Waals surface area contributed by atoms with Crippen LogP contribution in [0.5, 0.6) is 0 Å². The number of nitrogens with two attached hydrogens (primary N) is 1. The maximum atomic E-state index is 13.7. The Hall–Kier alpha value is -2.44. The van der Waals surface area contributed by atoms with E-state index in [4.69, 9.17) is 17.3 Å². The number of amides is 2. The van der Waals surface area contributed by atoms with Crippen LogP contribution in [-0.4, -0.2) is 11.8 Å². The van der Waals surface area contributed by atoms with Crippen LogP contribution in [0.15, 0.2) is 42.5 Å². The van der Waals surface area contributed by atoms with Crippen LogP contribution in [0.25, 0.3) is 10.1 Å². The van der Waals surface area contributed by atoms with Gasteiger partial charge in [0.25, 0.3) is 5.91 Å². The summed E-state index contributed by atoms with van der Waals surface area (Å²) in [5.74, 6) is -1.40. The highest BCUT2D eigenvalue weighted by Gasteiger charge is 2.14. The van der Waals surface area contributed by atoms with Gasteiger partial charge in [0, 0.05) is 15.8 Å². The lowest BCUT2D eigenvalue weighted by atomic mass is 10.2. The molecule has 4 nitrogen and oxygen atoms in total. The van der Waals surface area contributed by atoms with Gasteiger partial charge in [-0.25, -0.2) is 4.39 Å². The summed E-state index contributed by atoms with van der Waals surface area (Å²) < 4.78 is 14.4. The first-order valence-corrected chi connectivity index (χ1v) is 7.74. The molecule has 0 unspecified atom stereocenters. The van der Waals surface area contributed by atoms with Crippen LogP contribution < -0.4 is 11.1 Å². The quantitative estimate of drug-likeness (QED) is 0.749. The Kier molecular flexibility index (Phi) is 4.02. The normalized spacial score (nSPS) is 10.7. The Morgan fingerprint density at radius 2 is 1.96 bits per heavy atom. The number of rotatable bonds is 3. The second-order valence-electron chi connectivity index (χ2n) is 4.78. The fraction of sp³-hybridized carbons (Fsp3) is 0. The molecule has 1 heterocycles. The number of primary amides is 1. The predicted octanol–water partition coefficient (Wildman–Crippen LogP) is 4.05. The van der Waals surface area contributed by atoms with Gasteiger partial charge in [0.05, 0.1) is 15.5 Å². The van der Waals surface area contributed by atoms with Crippen molar-refractivity contribution >= 4 is 50.5 Å². The van der Waals surface area contributed by atoms with Crippen LogP contribution >= 0.6 is 22.9 Å². The molecule has 23 heavy (non-hydrogen) atoms. The smallest absolute Gasteiger partial charge is 0.265 e. The lowest BCUT2D eigenvalue weighted by molar-refractivity contribution is 0.0998.